The molecule has 18 heavy (non-hydrogen) atoms. The second-order valence-electron chi connectivity index (χ2n) is 6.04. The quantitative estimate of drug-likeness (QED) is 0.813. The first kappa shape index (κ1) is 12.3. The topological polar surface area (TPSA) is 50.9 Å². The van der Waals surface area contributed by atoms with Gasteiger partial charge in [-0.2, -0.15) is 4.37 Å². The summed E-state index contributed by atoms with van der Waals surface area (Å²) >= 11 is 1.56. The summed E-state index contributed by atoms with van der Waals surface area (Å²) in [5, 5.41) is 4.99. The minimum Gasteiger partial charge on any atom is -0.383 e. The van der Waals surface area contributed by atoms with Crippen LogP contribution in [0.3, 0.4) is 0 Å². The van der Waals surface area contributed by atoms with E-state index in [9.17, 15) is 0 Å². The van der Waals surface area contributed by atoms with Crippen LogP contribution in [0.25, 0.3) is 0 Å². The van der Waals surface area contributed by atoms with Gasteiger partial charge in [0.05, 0.1) is 0 Å². The number of rotatable bonds is 3. The van der Waals surface area contributed by atoms with Gasteiger partial charge >= 0.3 is 0 Å². The summed E-state index contributed by atoms with van der Waals surface area (Å²) in [7, 11) is 0. The monoisotopic (exact) mass is 265 g/mol. The molecule has 0 saturated heterocycles. The Kier molecular flexibility index (Phi) is 3.46. The molecule has 4 heteroatoms. The molecule has 2 fully saturated rings. The van der Waals surface area contributed by atoms with E-state index in [0.717, 1.165) is 11.7 Å². The van der Waals surface area contributed by atoms with Crippen LogP contribution in [-0.2, 0) is 0 Å². The van der Waals surface area contributed by atoms with Gasteiger partial charge in [-0.25, -0.2) is 0 Å². The van der Waals surface area contributed by atoms with Crippen molar-refractivity contribution in [1.29, 1.82) is 0 Å². The second-order valence-corrected chi connectivity index (χ2v) is 6.81. The normalized spacial score (nSPS) is 28.9. The lowest BCUT2D eigenvalue weighted by molar-refractivity contribution is 0.502. The molecule has 3 N–H and O–H groups in total. The van der Waals surface area contributed by atoms with Crippen LogP contribution in [0.4, 0.5) is 10.8 Å². The lowest BCUT2D eigenvalue weighted by Crippen LogP contribution is -2.18. The second kappa shape index (κ2) is 5.08. The molecular weight excluding hydrogens is 242 g/mol. The van der Waals surface area contributed by atoms with Crippen LogP contribution in [0.2, 0.25) is 0 Å². The van der Waals surface area contributed by atoms with Crippen LogP contribution in [0.1, 0.15) is 63.4 Å². The largest absolute Gasteiger partial charge is 0.383 e. The summed E-state index contributed by atoms with van der Waals surface area (Å²) in [5.41, 5.74) is 7.32. The molecule has 0 aliphatic heterocycles. The number of hydrogen-bond donors (Lipinski definition) is 2. The van der Waals surface area contributed by atoms with Crippen LogP contribution < -0.4 is 11.1 Å². The molecule has 1 aromatic heterocycles. The average Bonchev–Trinajstić information content (AvgIpc) is 3.13. The van der Waals surface area contributed by atoms with E-state index in [1.807, 2.05) is 0 Å². The molecule has 0 radical (unpaired) electrons. The van der Waals surface area contributed by atoms with Crippen molar-refractivity contribution in [2.45, 2.75) is 63.8 Å². The van der Waals surface area contributed by atoms with Gasteiger partial charge in [0.15, 0.2) is 0 Å². The van der Waals surface area contributed by atoms with E-state index in [1.54, 1.807) is 11.5 Å². The van der Waals surface area contributed by atoms with Gasteiger partial charge in [-0.3, -0.25) is 0 Å². The zero-order valence-corrected chi connectivity index (χ0v) is 11.9. The first-order valence-electron chi connectivity index (χ1n) is 7.25. The lowest BCUT2D eigenvalue weighted by Gasteiger charge is -2.17. The van der Waals surface area contributed by atoms with Crippen LogP contribution in [0.15, 0.2) is 0 Å². The van der Waals surface area contributed by atoms with Crippen molar-refractivity contribution in [1.82, 2.24) is 4.37 Å². The number of nitrogens with one attached hydrogen (secondary N) is 1. The number of nitrogen functional groups attached to an aromatic ring is 1. The molecular formula is C14H23N3S. The highest BCUT2D eigenvalue weighted by Crippen LogP contribution is 2.48. The maximum Gasteiger partial charge on any atom is 0.142 e. The first-order valence-corrected chi connectivity index (χ1v) is 8.03. The Morgan fingerprint density at radius 1 is 1.17 bits per heavy atom. The Morgan fingerprint density at radius 2 is 2.00 bits per heavy atom. The fourth-order valence-electron chi connectivity index (χ4n) is 3.00. The Bertz CT molecular complexity index is 411. The highest BCUT2D eigenvalue weighted by atomic mass is 32.1. The van der Waals surface area contributed by atoms with Crippen molar-refractivity contribution in [2.75, 3.05) is 11.1 Å². The Labute approximate surface area is 113 Å². The fraction of sp³-hybridized carbons (Fsp3) is 0.786. The third kappa shape index (κ3) is 2.63. The third-order valence-corrected chi connectivity index (χ3v) is 5.14. The van der Waals surface area contributed by atoms with Crippen molar-refractivity contribution < 1.29 is 0 Å². The zero-order chi connectivity index (χ0) is 12.5. The van der Waals surface area contributed by atoms with Crippen molar-refractivity contribution in [3.8, 4) is 0 Å². The zero-order valence-electron chi connectivity index (χ0n) is 11.1. The number of nitrogens with zero attached hydrogens (tertiary/aromatic N) is 1. The van der Waals surface area contributed by atoms with Gasteiger partial charge in [-0.1, -0.05) is 19.8 Å². The molecule has 0 spiro atoms. The molecule has 3 nitrogen and oxygen atoms in total. The summed E-state index contributed by atoms with van der Waals surface area (Å²) in [5.74, 6) is 2.36. The van der Waals surface area contributed by atoms with E-state index < -0.39 is 0 Å². The molecule has 2 aliphatic rings. The Hall–Kier alpha value is -0.770. The molecule has 0 bridgehead atoms. The van der Waals surface area contributed by atoms with Crippen molar-refractivity contribution >= 4 is 22.4 Å². The molecule has 0 amide bonds. The summed E-state index contributed by atoms with van der Waals surface area (Å²) in [6.45, 7) is 2.38. The maximum atomic E-state index is 6.00. The van der Waals surface area contributed by atoms with Crippen molar-refractivity contribution in [3.63, 3.8) is 0 Å². The number of nitrogens with two attached hydrogens (primary N) is 1. The highest BCUT2D eigenvalue weighted by molar-refractivity contribution is 7.10. The van der Waals surface area contributed by atoms with Crippen LogP contribution in [0, 0.1) is 5.92 Å². The number of hydrogen-bond acceptors (Lipinski definition) is 4. The van der Waals surface area contributed by atoms with Gasteiger partial charge in [0, 0.05) is 11.6 Å². The van der Waals surface area contributed by atoms with Crippen LogP contribution >= 0.6 is 11.5 Å². The van der Waals surface area contributed by atoms with Crippen LogP contribution in [0.5, 0.6) is 0 Å². The Morgan fingerprint density at radius 3 is 2.78 bits per heavy atom. The predicted molar refractivity (Wildman–Crippen MR) is 78.2 cm³/mol. The smallest absolute Gasteiger partial charge is 0.142 e. The van der Waals surface area contributed by atoms with Crippen molar-refractivity contribution in [3.05, 3.63) is 5.56 Å². The standard InChI is InChI=1S/C14H23N3S/c1-9-3-2-4-11(8-5-9)16-14-12(10-6-7-10)13(15)17-18-14/h9-11,16H,2-8H2,1H3,(H2,15,17). The SMILES string of the molecule is CC1CCCC(Nc2snc(N)c2C2CC2)CC1. The molecule has 100 valence electrons. The van der Waals surface area contributed by atoms with Crippen molar-refractivity contribution in [2.24, 2.45) is 5.92 Å². The molecule has 2 aliphatic carbocycles. The molecule has 2 unspecified atom stereocenters. The molecule has 1 heterocycles. The van der Waals surface area contributed by atoms with E-state index >= 15 is 0 Å². The van der Waals surface area contributed by atoms with Gasteiger partial charge in [-0.15, -0.1) is 0 Å². The fourth-order valence-corrected chi connectivity index (χ4v) is 3.87. The third-order valence-electron chi connectivity index (χ3n) is 4.33. The number of aromatic nitrogens is 1. The van der Waals surface area contributed by atoms with Gasteiger partial charge in [-0.05, 0) is 55.5 Å². The van der Waals surface area contributed by atoms with Gasteiger partial charge < -0.3 is 11.1 Å². The summed E-state index contributed by atoms with van der Waals surface area (Å²) < 4.78 is 4.34. The van der Waals surface area contributed by atoms with Crippen LogP contribution in [-0.4, -0.2) is 10.4 Å². The lowest BCUT2D eigenvalue weighted by atomic mass is 10.0. The summed E-state index contributed by atoms with van der Waals surface area (Å²) in [6, 6.07) is 0.632. The molecule has 0 aromatic carbocycles. The summed E-state index contributed by atoms with van der Waals surface area (Å²) in [4.78, 5) is 0. The van der Waals surface area contributed by atoms with E-state index in [-0.39, 0.29) is 0 Å². The Balaban J connectivity index is 1.68. The maximum absolute atomic E-state index is 6.00. The molecule has 3 rings (SSSR count). The molecule has 2 atom stereocenters. The van der Waals surface area contributed by atoms with Gasteiger partial charge in [0.25, 0.3) is 0 Å². The van der Waals surface area contributed by atoms with E-state index in [2.05, 4.69) is 16.6 Å². The average molecular weight is 265 g/mol. The minimum atomic E-state index is 0.632. The molecule has 1 aromatic rings. The van der Waals surface area contributed by atoms with Gasteiger partial charge in [0.2, 0.25) is 0 Å². The number of anilines is 2. The molecule has 2 saturated carbocycles. The first-order chi connectivity index (χ1) is 8.74. The summed E-state index contributed by atoms with van der Waals surface area (Å²) in [6.07, 6.45) is 9.27. The van der Waals surface area contributed by atoms with E-state index in [1.165, 1.54) is 55.5 Å². The highest BCUT2D eigenvalue weighted by Gasteiger charge is 2.31. The predicted octanol–water partition coefficient (Wildman–Crippen LogP) is 3.98. The van der Waals surface area contributed by atoms with E-state index in [0.29, 0.717) is 12.0 Å². The van der Waals surface area contributed by atoms with Gasteiger partial charge in [0.1, 0.15) is 10.8 Å². The van der Waals surface area contributed by atoms with E-state index in [4.69, 9.17) is 5.73 Å². The minimum absolute atomic E-state index is 0.632.